The lowest BCUT2D eigenvalue weighted by atomic mass is 9.82. The van der Waals surface area contributed by atoms with Gasteiger partial charge in [0.2, 0.25) is 0 Å². The minimum atomic E-state index is -1.02. The van der Waals surface area contributed by atoms with Gasteiger partial charge in [0.25, 0.3) is 0 Å². The molecule has 25 heavy (non-hydrogen) atoms. The molecule has 0 bridgehead atoms. The molecule has 0 aliphatic heterocycles. The first-order valence-corrected chi connectivity index (χ1v) is 8.12. The average molecular weight is 350 g/mol. The number of carboxylic acid groups (broad SMARTS) is 1. The van der Waals surface area contributed by atoms with E-state index in [0.29, 0.717) is 11.3 Å². The molecule has 0 aromatic heterocycles. The predicted octanol–water partition coefficient (Wildman–Crippen LogP) is 3.68. The Labute approximate surface area is 148 Å². The number of aliphatic carboxylic acids is 1. The van der Waals surface area contributed by atoms with Gasteiger partial charge in [-0.3, -0.25) is 9.59 Å². The molecule has 0 saturated carbocycles. The van der Waals surface area contributed by atoms with Crippen LogP contribution in [-0.2, 0) is 14.3 Å². The maximum absolute atomic E-state index is 12.3. The Morgan fingerprint density at radius 2 is 1.56 bits per heavy atom. The number of carbonyl (C=O) groups excluding carboxylic acids is 2. The average Bonchev–Trinajstić information content (AvgIpc) is 2.45. The molecule has 1 aromatic rings. The van der Waals surface area contributed by atoms with E-state index < -0.39 is 23.0 Å². The lowest BCUT2D eigenvalue weighted by molar-refractivity contribution is -0.150. The highest BCUT2D eigenvalue weighted by Gasteiger charge is 2.37. The smallest absolute Gasteiger partial charge is 0.338 e. The van der Waals surface area contributed by atoms with Crippen molar-refractivity contribution < 1.29 is 29.0 Å². The second kappa shape index (κ2) is 7.68. The normalized spacial score (nSPS) is 12.0. The van der Waals surface area contributed by atoms with Crippen LogP contribution in [-0.4, -0.2) is 28.6 Å². The molecular weight excluding hydrogens is 324 g/mol. The number of esters is 2. The maximum Gasteiger partial charge on any atom is 0.338 e. The van der Waals surface area contributed by atoms with Gasteiger partial charge >= 0.3 is 17.9 Å². The molecule has 1 N–H and O–H groups in total. The summed E-state index contributed by atoms with van der Waals surface area (Å²) in [4.78, 5) is 35.1. The highest BCUT2D eigenvalue weighted by Crippen LogP contribution is 2.31. The first-order valence-electron chi connectivity index (χ1n) is 8.12. The van der Waals surface area contributed by atoms with E-state index in [0.717, 1.165) is 0 Å². The number of carboxylic acids is 1. The third kappa shape index (κ3) is 6.21. The zero-order chi connectivity index (χ0) is 19.4. The second-order valence-corrected chi connectivity index (χ2v) is 7.62. The van der Waals surface area contributed by atoms with Gasteiger partial charge in [-0.05, 0) is 52.0 Å². The first kappa shape index (κ1) is 20.7. The molecule has 0 atom stereocenters. The zero-order valence-electron chi connectivity index (χ0n) is 15.6. The Morgan fingerprint density at radius 3 is 2.00 bits per heavy atom. The summed E-state index contributed by atoms with van der Waals surface area (Å²) < 4.78 is 10.6. The van der Waals surface area contributed by atoms with Gasteiger partial charge in [-0.25, -0.2) is 4.79 Å². The molecule has 0 unspecified atom stereocenters. The van der Waals surface area contributed by atoms with Crippen molar-refractivity contribution in [2.75, 3.05) is 0 Å². The SMILES string of the molecule is CC(C)C(=O)Oc1ccc(C(=O)OC(C)(C)CC(C)(C)C(=O)O)cc1. The fraction of sp³-hybridized carbons (Fsp3) is 0.526. The van der Waals surface area contributed by atoms with Crippen molar-refractivity contribution in [3.05, 3.63) is 29.8 Å². The summed E-state index contributed by atoms with van der Waals surface area (Å²) in [5.41, 5.74) is -1.66. The minimum absolute atomic E-state index is 0.172. The lowest BCUT2D eigenvalue weighted by Crippen LogP contribution is -2.37. The molecule has 0 spiro atoms. The van der Waals surface area contributed by atoms with E-state index in [1.54, 1.807) is 41.5 Å². The van der Waals surface area contributed by atoms with Crippen molar-refractivity contribution >= 4 is 17.9 Å². The van der Waals surface area contributed by atoms with Crippen LogP contribution in [0.5, 0.6) is 5.75 Å². The predicted molar refractivity (Wildman–Crippen MR) is 92.4 cm³/mol. The number of hydrogen-bond acceptors (Lipinski definition) is 5. The topological polar surface area (TPSA) is 89.9 Å². The molecule has 1 aromatic carbocycles. The molecule has 1 rings (SSSR count). The van der Waals surface area contributed by atoms with E-state index in [-0.39, 0.29) is 18.3 Å². The van der Waals surface area contributed by atoms with Gasteiger partial charge in [-0.1, -0.05) is 13.8 Å². The molecule has 0 aliphatic carbocycles. The van der Waals surface area contributed by atoms with Gasteiger partial charge in [-0.2, -0.15) is 0 Å². The van der Waals surface area contributed by atoms with Crippen LogP contribution in [0.25, 0.3) is 0 Å². The highest BCUT2D eigenvalue weighted by atomic mass is 16.6. The van der Waals surface area contributed by atoms with E-state index in [1.165, 1.54) is 24.3 Å². The van der Waals surface area contributed by atoms with E-state index in [9.17, 15) is 19.5 Å². The van der Waals surface area contributed by atoms with Gasteiger partial charge < -0.3 is 14.6 Å². The van der Waals surface area contributed by atoms with Crippen molar-refractivity contribution in [1.82, 2.24) is 0 Å². The molecule has 0 saturated heterocycles. The van der Waals surface area contributed by atoms with Crippen LogP contribution in [0, 0.1) is 11.3 Å². The summed E-state index contributed by atoms with van der Waals surface area (Å²) >= 11 is 0. The maximum atomic E-state index is 12.3. The fourth-order valence-corrected chi connectivity index (χ4v) is 2.38. The molecule has 6 nitrogen and oxygen atoms in total. The van der Waals surface area contributed by atoms with E-state index in [1.807, 2.05) is 0 Å². The number of benzene rings is 1. The minimum Gasteiger partial charge on any atom is -0.481 e. The Hall–Kier alpha value is -2.37. The van der Waals surface area contributed by atoms with Crippen LogP contribution in [0.2, 0.25) is 0 Å². The van der Waals surface area contributed by atoms with Crippen LogP contribution < -0.4 is 4.74 Å². The fourth-order valence-electron chi connectivity index (χ4n) is 2.38. The summed E-state index contributed by atoms with van der Waals surface area (Å²) in [6, 6.07) is 6.05. The summed E-state index contributed by atoms with van der Waals surface area (Å²) in [6.07, 6.45) is 0.172. The largest absolute Gasteiger partial charge is 0.481 e. The highest BCUT2D eigenvalue weighted by molar-refractivity contribution is 5.90. The third-order valence-electron chi connectivity index (χ3n) is 3.60. The molecule has 0 fully saturated rings. The molecule has 6 heteroatoms. The quantitative estimate of drug-likeness (QED) is 0.596. The van der Waals surface area contributed by atoms with Crippen molar-refractivity contribution in [3.8, 4) is 5.75 Å². The van der Waals surface area contributed by atoms with E-state index >= 15 is 0 Å². The summed E-state index contributed by atoms with van der Waals surface area (Å²) in [6.45, 7) is 9.98. The van der Waals surface area contributed by atoms with E-state index in [2.05, 4.69) is 0 Å². The van der Waals surface area contributed by atoms with Crippen molar-refractivity contribution in [2.24, 2.45) is 11.3 Å². The lowest BCUT2D eigenvalue weighted by Gasteiger charge is -2.31. The number of carbonyl (C=O) groups is 3. The van der Waals surface area contributed by atoms with Crippen LogP contribution in [0.15, 0.2) is 24.3 Å². The van der Waals surface area contributed by atoms with Crippen LogP contribution >= 0.6 is 0 Å². The standard InChI is InChI=1S/C19H26O6/c1-12(2)15(20)24-14-9-7-13(8-10-14)16(21)25-19(5,6)11-18(3,4)17(22)23/h7-10,12H,11H2,1-6H3,(H,22,23). The number of ether oxygens (including phenoxy) is 2. The van der Waals surface area contributed by atoms with Gasteiger partial charge in [0, 0.05) is 6.42 Å². The Kier molecular flexibility index (Phi) is 6.35. The van der Waals surface area contributed by atoms with Gasteiger partial charge in [0.1, 0.15) is 11.4 Å². The molecule has 0 amide bonds. The van der Waals surface area contributed by atoms with Gasteiger partial charge in [0.15, 0.2) is 0 Å². The van der Waals surface area contributed by atoms with E-state index in [4.69, 9.17) is 9.47 Å². The number of rotatable bonds is 7. The summed E-state index contributed by atoms with van der Waals surface area (Å²) in [7, 11) is 0. The third-order valence-corrected chi connectivity index (χ3v) is 3.60. The first-order chi connectivity index (χ1) is 11.3. The molecule has 0 radical (unpaired) electrons. The van der Waals surface area contributed by atoms with Crippen LogP contribution in [0.4, 0.5) is 0 Å². The zero-order valence-corrected chi connectivity index (χ0v) is 15.6. The van der Waals surface area contributed by atoms with Crippen molar-refractivity contribution in [1.29, 1.82) is 0 Å². The van der Waals surface area contributed by atoms with Crippen LogP contribution in [0.3, 0.4) is 0 Å². The summed E-state index contributed by atoms with van der Waals surface area (Å²) in [5, 5.41) is 9.22. The molecule has 0 aliphatic rings. The summed E-state index contributed by atoms with van der Waals surface area (Å²) in [5.74, 6) is -1.77. The van der Waals surface area contributed by atoms with Crippen molar-refractivity contribution in [3.63, 3.8) is 0 Å². The molecule has 0 heterocycles. The second-order valence-electron chi connectivity index (χ2n) is 7.62. The monoisotopic (exact) mass is 350 g/mol. The molecular formula is C19H26O6. The van der Waals surface area contributed by atoms with Crippen molar-refractivity contribution in [2.45, 2.75) is 53.6 Å². The molecule has 138 valence electrons. The Bertz CT molecular complexity index is 640. The van der Waals surface area contributed by atoms with Gasteiger partial charge in [-0.15, -0.1) is 0 Å². The Balaban J connectivity index is 2.77. The number of hydrogen-bond donors (Lipinski definition) is 1. The van der Waals surface area contributed by atoms with Gasteiger partial charge in [0.05, 0.1) is 16.9 Å². The Morgan fingerprint density at radius 1 is 1.04 bits per heavy atom. The van der Waals surface area contributed by atoms with Crippen LogP contribution in [0.1, 0.15) is 58.3 Å².